The first-order chi connectivity index (χ1) is 13.7. The highest BCUT2D eigenvalue weighted by Gasteiger charge is 2.32. The van der Waals surface area contributed by atoms with Gasteiger partial charge in [0.15, 0.2) is 0 Å². The largest absolute Gasteiger partial charge is 0.350 e. The van der Waals surface area contributed by atoms with Crippen LogP contribution in [-0.4, -0.2) is 70.8 Å². The maximum absolute atomic E-state index is 12.6. The molecule has 2 amide bonds. The van der Waals surface area contributed by atoms with Gasteiger partial charge in [-0.05, 0) is 50.6 Å². The maximum Gasteiger partial charge on any atom is 0.224 e. The van der Waals surface area contributed by atoms with Gasteiger partial charge < -0.3 is 10.2 Å². The SMILES string of the molecule is CSCCC(=O)N1CCC(N2CCC[C@H](C(=O)NCc3ccccn3)C2)CC1. The molecule has 3 rings (SSSR count). The van der Waals surface area contributed by atoms with Crippen LogP contribution in [0.3, 0.4) is 0 Å². The van der Waals surface area contributed by atoms with Crippen LogP contribution in [0, 0.1) is 5.92 Å². The lowest BCUT2D eigenvalue weighted by Crippen LogP contribution is -2.51. The van der Waals surface area contributed by atoms with Gasteiger partial charge in [0.2, 0.25) is 11.8 Å². The van der Waals surface area contributed by atoms with E-state index < -0.39 is 0 Å². The first kappa shape index (κ1) is 21.1. The monoisotopic (exact) mass is 404 g/mol. The lowest BCUT2D eigenvalue weighted by atomic mass is 9.93. The minimum atomic E-state index is 0.0544. The van der Waals surface area contributed by atoms with Gasteiger partial charge in [0.05, 0.1) is 18.2 Å². The Morgan fingerprint density at radius 3 is 2.75 bits per heavy atom. The number of piperidine rings is 2. The molecular weight excluding hydrogens is 372 g/mol. The van der Waals surface area contributed by atoms with Crippen molar-refractivity contribution in [3.8, 4) is 0 Å². The summed E-state index contributed by atoms with van der Waals surface area (Å²) >= 11 is 1.73. The third-order valence-electron chi connectivity index (χ3n) is 5.85. The van der Waals surface area contributed by atoms with Gasteiger partial charge in [-0.25, -0.2) is 0 Å². The highest BCUT2D eigenvalue weighted by Crippen LogP contribution is 2.24. The van der Waals surface area contributed by atoms with Gasteiger partial charge in [-0.15, -0.1) is 0 Å². The first-order valence-electron chi connectivity index (χ1n) is 10.4. The quantitative estimate of drug-likeness (QED) is 0.754. The van der Waals surface area contributed by atoms with Crippen LogP contribution in [0.25, 0.3) is 0 Å². The van der Waals surface area contributed by atoms with E-state index >= 15 is 0 Å². The number of carbonyl (C=O) groups is 2. The fourth-order valence-electron chi connectivity index (χ4n) is 4.20. The van der Waals surface area contributed by atoms with Crippen molar-refractivity contribution in [2.75, 3.05) is 38.2 Å². The number of aromatic nitrogens is 1. The van der Waals surface area contributed by atoms with Crippen LogP contribution in [0.1, 0.15) is 37.8 Å². The van der Waals surface area contributed by atoms with E-state index in [2.05, 4.69) is 15.2 Å². The van der Waals surface area contributed by atoms with E-state index in [-0.39, 0.29) is 11.8 Å². The zero-order valence-corrected chi connectivity index (χ0v) is 17.6. The molecule has 7 heteroatoms. The first-order valence-corrected chi connectivity index (χ1v) is 11.7. The van der Waals surface area contributed by atoms with Crippen LogP contribution < -0.4 is 5.32 Å². The van der Waals surface area contributed by atoms with Gasteiger partial charge in [-0.1, -0.05) is 6.07 Å². The third-order valence-corrected chi connectivity index (χ3v) is 6.46. The fraction of sp³-hybridized carbons (Fsp3) is 0.667. The van der Waals surface area contributed by atoms with Gasteiger partial charge >= 0.3 is 0 Å². The van der Waals surface area contributed by atoms with Crippen molar-refractivity contribution in [1.29, 1.82) is 0 Å². The minimum Gasteiger partial charge on any atom is -0.350 e. The predicted molar refractivity (Wildman–Crippen MR) is 113 cm³/mol. The summed E-state index contributed by atoms with van der Waals surface area (Å²) in [6.07, 6.45) is 8.50. The summed E-state index contributed by atoms with van der Waals surface area (Å²) in [4.78, 5) is 33.6. The van der Waals surface area contributed by atoms with E-state index in [4.69, 9.17) is 0 Å². The second kappa shape index (κ2) is 10.8. The smallest absolute Gasteiger partial charge is 0.224 e. The highest BCUT2D eigenvalue weighted by molar-refractivity contribution is 7.98. The standard InChI is InChI=1S/C21H32N4O2S/c1-28-14-9-20(26)24-12-7-19(8-13-24)25-11-4-5-17(16-25)21(27)23-15-18-6-2-3-10-22-18/h2-3,6,10,17,19H,4-5,7-9,11-16H2,1H3,(H,23,27)/t17-/m0/s1. The van der Waals surface area contributed by atoms with Gasteiger partial charge in [0, 0.05) is 44.0 Å². The number of carbonyl (C=O) groups excluding carboxylic acids is 2. The predicted octanol–water partition coefficient (Wildman–Crippen LogP) is 2.15. The van der Waals surface area contributed by atoms with Crippen LogP contribution >= 0.6 is 11.8 Å². The van der Waals surface area contributed by atoms with Crippen molar-refractivity contribution in [3.63, 3.8) is 0 Å². The number of nitrogens with one attached hydrogen (secondary N) is 1. The summed E-state index contributed by atoms with van der Waals surface area (Å²) in [6, 6.07) is 6.25. The summed E-state index contributed by atoms with van der Waals surface area (Å²) < 4.78 is 0. The number of hydrogen-bond donors (Lipinski definition) is 1. The summed E-state index contributed by atoms with van der Waals surface area (Å²) in [5.74, 6) is 1.39. The molecule has 3 heterocycles. The Balaban J connectivity index is 1.43. The number of likely N-dealkylation sites (tertiary alicyclic amines) is 2. The third kappa shape index (κ3) is 5.95. The topological polar surface area (TPSA) is 65.5 Å². The molecular formula is C21H32N4O2S. The van der Waals surface area contributed by atoms with Gasteiger partial charge in [0.25, 0.3) is 0 Å². The highest BCUT2D eigenvalue weighted by atomic mass is 32.2. The van der Waals surface area contributed by atoms with Crippen molar-refractivity contribution in [3.05, 3.63) is 30.1 Å². The molecule has 0 saturated carbocycles. The Morgan fingerprint density at radius 1 is 1.21 bits per heavy atom. The number of thioether (sulfide) groups is 1. The Labute approximate surface area is 172 Å². The second-order valence-corrected chi connectivity index (χ2v) is 8.71. The molecule has 0 unspecified atom stereocenters. The summed E-state index contributed by atoms with van der Waals surface area (Å²) in [6.45, 7) is 4.09. The number of pyridine rings is 1. The van der Waals surface area contributed by atoms with Crippen LogP contribution in [0.5, 0.6) is 0 Å². The lowest BCUT2D eigenvalue weighted by molar-refractivity contribution is -0.132. The molecule has 28 heavy (non-hydrogen) atoms. The van der Waals surface area contributed by atoms with Gasteiger partial charge in [-0.2, -0.15) is 11.8 Å². The molecule has 6 nitrogen and oxygen atoms in total. The molecule has 0 aromatic carbocycles. The number of hydrogen-bond acceptors (Lipinski definition) is 5. The molecule has 0 aliphatic carbocycles. The zero-order chi connectivity index (χ0) is 19.8. The number of rotatable bonds is 7. The lowest BCUT2D eigenvalue weighted by Gasteiger charge is -2.42. The van der Waals surface area contributed by atoms with Crippen LogP contribution in [0.2, 0.25) is 0 Å². The minimum absolute atomic E-state index is 0.0544. The van der Waals surface area contributed by atoms with Crippen LogP contribution in [-0.2, 0) is 16.1 Å². The molecule has 0 bridgehead atoms. The summed E-state index contributed by atoms with van der Waals surface area (Å²) in [5.41, 5.74) is 0.891. The van der Waals surface area contributed by atoms with Crippen molar-refractivity contribution >= 4 is 23.6 Å². The normalized spacial score (nSPS) is 21.5. The van der Waals surface area contributed by atoms with Crippen molar-refractivity contribution in [2.45, 2.75) is 44.7 Å². The van der Waals surface area contributed by atoms with E-state index in [1.165, 1.54) is 0 Å². The Morgan fingerprint density at radius 2 is 2.04 bits per heavy atom. The molecule has 2 aliphatic rings. The van der Waals surface area contributed by atoms with Gasteiger partial charge in [-0.3, -0.25) is 19.5 Å². The van der Waals surface area contributed by atoms with E-state index in [0.717, 1.165) is 63.3 Å². The molecule has 2 saturated heterocycles. The van der Waals surface area contributed by atoms with Crippen LogP contribution in [0.15, 0.2) is 24.4 Å². The Bertz CT molecular complexity index is 635. The number of amides is 2. The van der Waals surface area contributed by atoms with Gasteiger partial charge in [0.1, 0.15) is 0 Å². The molecule has 154 valence electrons. The molecule has 1 atom stereocenters. The molecule has 0 spiro atoms. The molecule has 1 N–H and O–H groups in total. The Kier molecular flexibility index (Phi) is 8.15. The molecule has 2 aliphatic heterocycles. The fourth-order valence-corrected chi connectivity index (χ4v) is 4.58. The molecule has 1 aromatic heterocycles. The zero-order valence-electron chi connectivity index (χ0n) is 16.8. The summed E-state index contributed by atoms with van der Waals surface area (Å²) in [7, 11) is 0. The van der Waals surface area contributed by atoms with E-state index in [9.17, 15) is 9.59 Å². The van der Waals surface area contributed by atoms with Crippen LogP contribution in [0.4, 0.5) is 0 Å². The summed E-state index contributed by atoms with van der Waals surface area (Å²) in [5, 5.41) is 3.05. The van der Waals surface area contributed by atoms with E-state index in [1.807, 2.05) is 29.4 Å². The molecule has 2 fully saturated rings. The Hall–Kier alpha value is -1.60. The maximum atomic E-state index is 12.6. The van der Waals surface area contributed by atoms with Crippen molar-refractivity contribution in [2.24, 2.45) is 5.92 Å². The average Bonchev–Trinajstić information content (AvgIpc) is 2.76. The van der Waals surface area contributed by atoms with Crippen molar-refractivity contribution in [1.82, 2.24) is 20.1 Å². The molecule has 0 radical (unpaired) electrons. The van der Waals surface area contributed by atoms with E-state index in [0.29, 0.717) is 24.9 Å². The second-order valence-electron chi connectivity index (χ2n) is 7.73. The number of nitrogens with zero attached hydrogens (tertiary/aromatic N) is 3. The molecule has 1 aromatic rings. The average molecular weight is 405 g/mol. The van der Waals surface area contributed by atoms with Crippen molar-refractivity contribution < 1.29 is 9.59 Å². The van der Waals surface area contributed by atoms with E-state index in [1.54, 1.807) is 18.0 Å².